The predicted molar refractivity (Wildman–Crippen MR) is 64.3 cm³/mol. The number of anilines is 1. The van der Waals surface area contributed by atoms with E-state index >= 15 is 0 Å². The van der Waals surface area contributed by atoms with E-state index < -0.39 is 35.4 Å². The number of para-hydroxylation sites is 1. The number of urea groups is 1. The largest absolute Gasteiger partial charge is 0.480 e. The molecule has 0 spiro atoms. The van der Waals surface area contributed by atoms with E-state index in [0.717, 1.165) is 23.1 Å². The van der Waals surface area contributed by atoms with E-state index in [9.17, 15) is 18.4 Å². The molecule has 1 aliphatic heterocycles. The van der Waals surface area contributed by atoms with Crippen LogP contribution >= 0.6 is 0 Å². The minimum atomic E-state index is -1.24. The molecule has 1 aromatic carbocycles. The monoisotopic (exact) mass is 286 g/mol. The predicted octanol–water partition coefficient (Wildman–Crippen LogP) is 1.28. The SMILES string of the molecule is O=C(O)C1COCCN1C(=O)Nc1c(F)cccc1F. The Morgan fingerprint density at radius 1 is 1.35 bits per heavy atom. The van der Waals surface area contributed by atoms with Crippen LogP contribution < -0.4 is 5.32 Å². The molecule has 0 radical (unpaired) electrons. The molecule has 0 aliphatic carbocycles. The minimum absolute atomic E-state index is 0.0267. The highest BCUT2D eigenvalue weighted by Gasteiger charge is 2.33. The second-order valence-corrected chi connectivity index (χ2v) is 4.15. The molecule has 1 saturated heterocycles. The van der Waals surface area contributed by atoms with Crippen LogP contribution in [0.1, 0.15) is 0 Å². The highest BCUT2D eigenvalue weighted by Crippen LogP contribution is 2.19. The molecular formula is C12H12F2N2O4. The number of nitrogens with zero attached hydrogens (tertiary/aromatic N) is 1. The molecule has 20 heavy (non-hydrogen) atoms. The van der Waals surface area contributed by atoms with Crippen molar-refractivity contribution in [1.82, 2.24) is 4.90 Å². The Morgan fingerprint density at radius 3 is 2.60 bits per heavy atom. The molecule has 6 nitrogen and oxygen atoms in total. The van der Waals surface area contributed by atoms with E-state index in [1.165, 1.54) is 0 Å². The Bertz CT molecular complexity index is 518. The average molecular weight is 286 g/mol. The summed E-state index contributed by atoms with van der Waals surface area (Å²) in [5.74, 6) is -3.11. The first kappa shape index (κ1) is 14.2. The van der Waals surface area contributed by atoms with Crippen molar-refractivity contribution in [3.8, 4) is 0 Å². The van der Waals surface area contributed by atoms with Crippen LogP contribution in [0.15, 0.2) is 18.2 Å². The molecule has 8 heteroatoms. The number of nitrogens with one attached hydrogen (secondary N) is 1. The molecule has 0 bridgehead atoms. The van der Waals surface area contributed by atoms with Gasteiger partial charge in [0.1, 0.15) is 17.3 Å². The van der Waals surface area contributed by atoms with Crippen LogP contribution in [0.3, 0.4) is 0 Å². The topological polar surface area (TPSA) is 78.9 Å². The van der Waals surface area contributed by atoms with Crippen LogP contribution in [0, 0.1) is 11.6 Å². The Balaban J connectivity index is 2.16. The summed E-state index contributed by atoms with van der Waals surface area (Å²) in [6.45, 7) is 0.0261. The van der Waals surface area contributed by atoms with Gasteiger partial charge in [-0.1, -0.05) is 6.07 Å². The maximum atomic E-state index is 13.4. The summed E-state index contributed by atoms with van der Waals surface area (Å²) >= 11 is 0. The van der Waals surface area contributed by atoms with E-state index in [2.05, 4.69) is 5.32 Å². The molecule has 0 aromatic heterocycles. The summed E-state index contributed by atoms with van der Waals surface area (Å²) < 4.78 is 31.8. The number of amides is 2. The lowest BCUT2D eigenvalue weighted by Gasteiger charge is -2.32. The van der Waals surface area contributed by atoms with Crippen LogP contribution in [0.5, 0.6) is 0 Å². The molecule has 2 amide bonds. The number of halogens is 2. The van der Waals surface area contributed by atoms with Gasteiger partial charge >= 0.3 is 12.0 Å². The Hall–Kier alpha value is -2.22. The summed E-state index contributed by atoms with van der Waals surface area (Å²) in [6, 6.07) is 1.08. The van der Waals surface area contributed by atoms with Crippen LogP contribution in [0.2, 0.25) is 0 Å². The fourth-order valence-corrected chi connectivity index (χ4v) is 1.85. The molecule has 1 unspecified atom stereocenters. The first-order valence-corrected chi connectivity index (χ1v) is 5.83. The van der Waals surface area contributed by atoms with E-state index in [4.69, 9.17) is 9.84 Å². The van der Waals surface area contributed by atoms with Crippen molar-refractivity contribution in [2.45, 2.75) is 6.04 Å². The fourth-order valence-electron chi connectivity index (χ4n) is 1.85. The zero-order valence-corrected chi connectivity index (χ0v) is 10.3. The molecule has 108 valence electrons. The zero-order valence-electron chi connectivity index (χ0n) is 10.3. The molecule has 1 aromatic rings. The number of rotatable bonds is 2. The average Bonchev–Trinajstić information content (AvgIpc) is 2.43. The van der Waals surface area contributed by atoms with Gasteiger partial charge in [0, 0.05) is 6.54 Å². The molecule has 1 fully saturated rings. The number of morpholine rings is 1. The first-order chi connectivity index (χ1) is 9.50. The number of aliphatic carboxylic acids is 1. The van der Waals surface area contributed by atoms with Gasteiger partial charge in [-0.15, -0.1) is 0 Å². The summed E-state index contributed by atoms with van der Waals surface area (Å²) in [7, 11) is 0. The number of carboxylic acid groups (broad SMARTS) is 1. The number of carbonyl (C=O) groups excluding carboxylic acids is 1. The molecular weight excluding hydrogens is 274 g/mol. The standard InChI is InChI=1S/C12H12F2N2O4/c13-7-2-1-3-8(14)10(7)15-12(19)16-4-5-20-6-9(16)11(17)18/h1-3,9H,4-6H2,(H,15,19)(H,17,18). The smallest absolute Gasteiger partial charge is 0.328 e. The number of hydrogen-bond acceptors (Lipinski definition) is 3. The number of carbonyl (C=O) groups is 2. The van der Waals surface area contributed by atoms with Crippen LogP contribution in [-0.2, 0) is 9.53 Å². The molecule has 0 saturated carbocycles. The Kier molecular flexibility index (Phi) is 4.14. The summed E-state index contributed by atoms with van der Waals surface area (Å²) in [4.78, 5) is 23.9. The highest BCUT2D eigenvalue weighted by atomic mass is 19.1. The van der Waals surface area contributed by atoms with E-state index in [1.54, 1.807) is 0 Å². The highest BCUT2D eigenvalue weighted by molar-refractivity contribution is 5.92. The van der Waals surface area contributed by atoms with Gasteiger partial charge in [0.25, 0.3) is 0 Å². The van der Waals surface area contributed by atoms with Crippen molar-refractivity contribution >= 4 is 17.7 Å². The molecule has 1 aliphatic rings. The van der Waals surface area contributed by atoms with Crippen molar-refractivity contribution in [3.63, 3.8) is 0 Å². The van der Waals surface area contributed by atoms with E-state index in [-0.39, 0.29) is 19.8 Å². The van der Waals surface area contributed by atoms with Crippen molar-refractivity contribution in [3.05, 3.63) is 29.8 Å². The molecule has 1 atom stereocenters. The molecule has 2 rings (SSSR count). The van der Waals surface area contributed by atoms with Gasteiger partial charge in [0.05, 0.1) is 13.2 Å². The second kappa shape index (κ2) is 5.83. The Labute approximate surface area is 112 Å². The van der Waals surface area contributed by atoms with Crippen molar-refractivity contribution < 1.29 is 28.2 Å². The quantitative estimate of drug-likeness (QED) is 0.858. The van der Waals surface area contributed by atoms with Gasteiger partial charge < -0.3 is 20.1 Å². The lowest BCUT2D eigenvalue weighted by molar-refractivity contribution is -0.147. The number of ether oxygens (including phenoxy) is 1. The van der Waals surface area contributed by atoms with Crippen molar-refractivity contribution in [1.29, 1.82) is 0 Å². The summed E-state index contributed by atoms with van der Waals surface area (Å²) in [5, 5.41) is 11.0. The lowest BCUT2D eigenvalue weighted by Crippen LogP contribution is -2.54. The van der Waals surface area contributed by atoms with E-state index in [1.807, 2.05) is 0 Å². The lowest BCUT2D eigenvalue weighted by atomic mass is 10.2. The minimum Gasteiger partial charge on any atom is -0.480 e. The van der Waals surface area contributed by atoms with Crippen molar-refractivity contribution in [2.75, 3.05) is 25.1 Å². The summed E-state index contributed by atoms with van der Waals surface area (Å²) in [6.07, 6.45) is 0. The van der Waals surface area contributed by atoms with Gasteiger partial charge in [-0.3, -0.25) is 0 Å². The second-order valence-electron chi connectivity index (χ2n) is 4.15. The van der Waals surface area contributed by atoms with Crippen LogP contribution in [0.25, 0.3) is 0 Å². The zero-order chi connectivity index (χ0) is 14.7. The normalized spacial score (nSPS) is 18.7. The third kappa shape index (κ3) is 2.85. The van der Waals surface area contributed by atoms with Gasteiger partial charge in [-0.25, -0.2) is 18.4 Å². The fraction of sp³-hybridized carbons (Fsp3) is 0.333. The van der Waals surface area contributed by atoms with Gasteiger partial charge in [-0.05, 0) is 12.1 Å². The maximum Gasteiger partial charge on any atom is 0.328 e. The third-order valence-electron chi connectivity index (χ3n) is 2.87. The first-order valence-electron chi connectivity index (χ1n) is 5.83. The summed E-state index contributed by atoms with van der Waals surface area (Å²) in [5.41, 5.74) is -0.604. The number of benzene rings is 1. The molecule has 2 N–H and O–H groups in total. The molecule has 1 heterocycles. The maximum absolute atomic E-state index is 13.4. The van der Waals surface area contributed by atoms with Crippen LogP contribution in [0.4, 0.5) is 19.3 Å². The number of carboxylic acids is 1. The van der Waals surface area contributed by atoms with Gasteiger partial charge in [-0.2, -0.15) is 0 Å². The Morgan fingerprint density at radius 2 is 2.00 bits per heavy atom. The third-order valence-corrected chi connectivity index (χ3v) is 2.87. The van der Waals surface area contributed by atoms with Crippen LogP contribution in [-0.4, -0.2) is 47.8 Å². The number of hydrogen-bond donors (Lipinski definition) is 2. The van der Waals surface area contributed by atoms with Crippen molar-refractivity contribution in [2.24, 2.45) is 0 Å². The van der Waals surface area contributed by atoms with E-state index in [0.29, 0.717) is 0 Å². The van der Waals surface area contributed by atoms with Gasteiger partial charge in [0.15, 0.2) is 6.04 Å². The van der Waals surface area contributed by atoms with Gasteiger partial charge in [0.2, 0.25) is 0 Å².